The van der Waals surface area contributed by atoms with E-state index in [1.54, 1.807) is 0 Å². The number of anilines is 1. The molecule has 0 unspecified atom stereocenters. The second-order valence-electron chi connectivity index (χ2n) is 2.83. The van der Waals surface area contributed by atoms with Crippen LogP contribution in [0.4, 0.5) is 11.4 Å². The molecule has 0 aliphatic carbocycles. The molecule has 2 rings (SSSR count). The van der Waals surface area contributed by atoms with Gasteiger partial charge >= 0.3 is 0 Å². The van der Waals surface area contributed by atoms with Crippen molar-refractivity contribution in [2.24, 2.45) is 16.5 Å². The van der Waals surface area contributed by atoms with E-state index in [2.05, 4.69) is 10.3 Å². The van der Waals surface area contributed by atoms with Gasteiger partial charge in [-0.05, 0) is 12.1 Å². The van der Waals surface area contributed by atoms with Gasteiger partial charge in [-0.15, -0.1) is 0 Å². The van der Waals surface area contributed by atoms with Gasteiger partial charge in [-0.3, -0.25) is 16.5 Å². The highest BCUT2D eigenvalue weighted by atomic mass is 15.2. The van der Waals surface area contributed by atoms with Crippen LogP contribution >= 0.6 is 0 Å². The van der Waals surface area contributed by atoms with Crippen LogP contribution in [0.1, 0.15) is 0 Å². The molecule has 12 heavy (non-hydrogen) atoms. The number of nitrogens with zero attached hydrogens (tertiary/aromatic N) is 1. The van der Waals surface area contributed by atoms with Crippen molar-refractivity contribution < 1.29 is 0 Å². The van der Waals surface area contributed by atoms with Crippen LogP contribution < -0.4 is 16.8 Å². The van der Waals surface area contributed by atoms with Crippen molar-refractivity contribution in [2.75, 3.05) is 5.32 Å². The van der Waals surface area contributed by atoms with Crippen molar-refractivity contribution in [3.05, 3.63) is 24.3 Å². The molecule has 0 atom stereocenters. The molecular formula is C8H10N4. The second kappa shape index (κ2) is 2.30. The number of nitrogens with one attached hydrogen (secondary N) is 1. The van der Waals surface area contributed by atoms with Crippen molar-refractivity contribution in [3.63, 3.8) is 0 Å². The molecule has 0 amide bonds. The zero-order valence-electron chi connectivity index (χ0n) is 6.49. The van der Waals surface area contributed by atoms with Crippen LogP contribution in [0.25, 0.3) is 0 Å². The molecule has 4 nitrogen and oxygen atoms in total. The summed E-state index contributed by atoms with van der Waals surface area (Å²) in [7, 11) is 0. The Hall–Kier alpha value is -1.39. The smallest absolute Gasteiger partial charge is 0.176 e. The Bertz CT molecular complexity index is 330. The number of aliphatic imine (C=N–C) groups is 1. The van der Waals surface area contributed by atoms with Crippen LogP contribution in [-0.4, -0.2) is 12.0 Å². The summed E-state index contributed by atoms with van der Waals surface area (Å²) in [5, 5.41) is 2.94. The predicted octanol–water partition coefficient (Wildman–Crippen LogP) is 0.386. The van der Waals surface area contributed by atoms with Crippen LogP contribution in [0.3, 0.4) is 0 Å². The van der Waals surface area contributed by atoms with Gasteiger partial charge in [-0.2, -0.15) is 0 Å². The zero-order valence-corrected chi connectivity index (χ0v) is 6.49. The second-order valence-corrected chi connectivity index (χ2v) is 2.83. The number of hydrogen-bond acceptors (Lipinski definition) is 4. The molecule has 0 spiro atoms. The molecule has 0 saturated carbocycles. The summed E-state index contributed by atoms with van der Waals surface area (Å²) in [6.07, 6.45) is 1.50. The van der Waals surface area contributed by atoms with E-state index >= 15 is 0 Å². The molecule has 1 aliphatic heterocycles. The van der Waals surface area contributed by atoms with Crippen LogP contribution in [0.5, 0.6) is 0 Å². The van der Waals surface area contributed by atoms with Gasteiger partial charge in [0.1, 0.15) is 0 Å². The molecule has 0 radical (unpaired) electrons. The Morgan fingerprint density at radius 3 is 2.83 bits per heavy atom. The molecule has 1 aromatic rings. The summed E-state index contributed by atoms with van der Waals surface area (Å²) < 4.78 is 0. The summed E-state index contributed by atoms with van der Waals surface area (Å²) in [6, 6.07) is 7.61. The zero-order chi connectivity index (χ0) is 8.60. The molecule has 1 aliphatic rings. The predicted molar refractivity (Wildman–Crippen MR) is 49.3 cm³/mol. The number of hydrogen-bond donors (Lipinski definition) is 3. The topological polar surface area (TPSA) is 76.4 Å². The molecule has 4 heteroatoms. The van der Waals surface area contributed by atoms with E-state index in [-0.39, 0.29) is 0 Å². The van der Waals surface area contributed by atoms with Crippen molar-refractivity contribution in [1.29, 1.82) is 0 Å². The third-order valence-electron chi connectivity index (χ3n) is 1.67. The lowest BCUT2D eigenvalue weighted by Gasteiger charge is -2.26. The normalized spacial score (nSPS) is 18.2. The van der Waals surface area contributed by atoms with E-state index in [0.717, 1.165) is 11.4 Å². The number of benzene rings is 1. The largest absolute Gasteiger partial charge is 0.349 e. The lowest BCUT2D eigenvalue weighted by molar-refractivity contribution is 0.688. The Morgan fingerprint density at radius 2 is 2.00 bits per heavy atom. The fourth-order valence-corrected chi connectivity index (χ4v) is 1.13. The highest BCUT2D eigenvalue weighted by molar-refractivity contribution is 5.85. The van der Waals surface area contributed by atoms with Gasteiger partial charge in [0.05, 0.1) is 17.6 Å². The fourth-order valence-electron chi connectivity index (χ4n) is 1.13. The summed E-state index contributed by atoms with van der Waals surface area (Å²) in [5.74, 6) is -1.02. The quantitative estimate of drug-likeness (QED) is 0.483. The van der Waals surface area contributed by atoms with Gasteiger partial charge in [-0.25, -0.2) is 0 Å². The van der Waals surface area contributed by atoms with Gasteiger partial charge in [-0.1, -0.05) is 12.1 Å². The van der Waals surface area contributed by atoms with Gasteiger partial charge < -0.3 is 5.32 Å². The van der Waals surface area contributed by atoms with E-state index in [0.29, 0.717) is 0 Å². The van der Waals surface area contributed by atoms with Crippen LogP contribution in [0, 0.1) is 0 Å². The minimum atomic E-state index is -1.02. The Labute approximate surface area is 70.3 Å². The van der Waals surface area contributed by atoms with E-state index in [1.165, 1.54) is 6.21 Å². The minimum Gasteiger partial charge on any atom is -0.349 e. The van der Waals surface area contributed by atoms with Gasteiger partial charge in [0.25, 0.3) is 0 Å². The molecule has 1 heterocycles. The average molecular weight is 162 g/mol. The fraction of sp³-hybridized carbons (Fsp3) is 0.125. The Morgan fingerprint density at radius 1 is 1.25 bits per heavy atom. The highest BCUT2D eigenvalue weighted by Crippen LogP contribution is 2.27. The third-order valence-corrected chi connectivity index (χ3v) is 1.67. The number of fused-ring (bicyclic) bond motifs is 1. The third kappa shape index (κ3) is 1.17. The lowest BCUT2D eigenvalue weighted by atomic mass is 10.2. The maximum Gasteiger partial charge on any atom is 0.176 e. The first-order valence-electron chi connectivity index (χ1n) is 3.68. The Balaban J connectivity index is 2.46. The highest BCUT2D eigenvalue weighted by Gasteiger charge is 2.20. The first-order chi connectivity index (χ1) is 5.67. The summed E-state index contributed by atoms with van der Waals surface area (Å²) in [5.41, 5.74) is 13.0. The number of para-hydroxylation sites is 2. The van der Waals surface area contributed by atoms with Gasteiger partial charge in [0.15, 0.2) is 5.79 Å². The first kappa shape index (κ1) is 7.27. The molecule has 0 saturated heterocycles. The SMILES string of the molecule is NC1(N)C=Nc2ccccc2N1. The van der Waals surface area contributed by atoms with E-state index in [1.807, 2.05) is 24.3 Å². The van der Waals surface area contributed by atoms with Gasteiger partial charge in [0.2, 0.25) is 0 Å². The first-order valence-corrected chi connectivity index (χ1v) is 3.68. The van der Waals surface area contributed by atoms with E-state index in [9.17, 15) is 0 Å². The van der Waals surface area contributed by atoms with E-state index in [4.69, 9.17) is 11.5 Å². The number of nitrogens with two attached hydrogens (primary N) is 2. The molecular weight excluding hydrogens is 152 g/mol. The Kier molecular flexibility index (Phi) is 1.39. The van der Waals surface area contributed by atoms with E-state index < -0.39 is 5.79 Å². The van der Waals surface area contributed by atoms with Crippen LogP contribution in [-0.2, 0) is 0 Å². The van der Waals surface area contributed by atoms with Crippen LogP contribution in [0.15, 0.2) is 29.3 Å². The molecule has 5 N–H and O–H groups in total. The number of rotatable bonds is 0. The standard InChI is InChI=1S/C8H10N4/c9-8(10)5-11-6-3-1-2-4-7(6)12-8/h1-5,12H,9-10H2. The molecule has 1 aromatic carbocycles. The molecule has 62 valence electrons. The average Bonchev–Trinajstić information content (AvgIpc) is 2.02. The minimum absolute atomic E-state index is 0.865. The molecule has 0 bridgehead atoms. The molecule has 0 fully saturated rings. The monoisotopic (exact) mass is 162 g/mol. The lowest BCUT2D eigenvalue weighted by Crippen LogP contribution is -2.58. The van der Waals surface area contributed by atoms with Crippen molar-refractivity contribution in [3.8, 4) is 0 Å². The van der Waals surface area contributed by atoms with Crippen LogP contribution in [0.2, 0.25) is 0 Å². The summed E-state index contributed by atoms with van der Waals surface area (Å²) >= 11 is 0. The van der Waals surface area contributed by atoms with Crippen molar-refractivity contribution in [1.82, 2.24) is 0 Å². The molecule has 0 aromatic heterocycles. The summed E-state index contributed by atoms with van der Waals surface area (Å²) in [4.78, 5) is 4.11. The van der Waals surface area contributed by atoms with Crippen molar-refractivity contribution >= 4 is 17.6 Å². The van der Waals surface area contributed by atoms with Crippen molar-refractivity contribution in [2.45, 2.75) is 5.79 Å². The maximum atomic E-state index is 5.61. The van der Waals surface area contributed by atoms with Gasteiger partial charge in [0, 0.05) is 0 Å². The maximum absolute atomic E-state index is 5.61. The summed E-state index contributed by atoms with van der Waals surface area (Å²) in [6.45, 7) is 0.